The highest BCUT2D eigenvalue weighted by molar-refractivity contribution is 7.90. The predicted molar refractivity (Wildman–Crippen MR) is 180 cm³/mol. The molecule has 0 fully saturated rings. The fourth-order valence-corrected chi connectivity index (χ4v) is 7.49. The number of pyridine rings is 1. The molecule has 0 saturated heterocycles. The monoisotopic (exact) mass is 612 g/mol. The lowest BCUT2D eigenvalue weighted by atomic mass is 9.73. The van der Waals surface area contributed by atoms with Crippen LogP contribution in [0.4, 0.5) is 0 Å². The van der Waals surface area contributed by atoms with Crippen LogP contribution in [0.1, 0.15) is 38.9 Å². The molecule has 4 aromatic carbocycles. The van der Waals surface area contributed by atoms with E-state index >= 15 is 0 Å². The number of sulfone groups is 1. The highest BCUT2D eigenvalue weighted by atomic mass is 32.2. The van der Waals surface area contributed by atoms with Crippen LogP contribution in [-0.4, -0.2) is 24.2 Å². The van der Waals surface area contributed by atoms with Gasteiger partial charge in [-0.25, -0.2) is 8.42 Å². The van der Waals surface area contributed by atoms with Crippen molar-refractivity contribution in [1.29, 1.82) is 0 Å². The maximum absolute atomic E-state index is 12.0. The average Bonchev–Trinajstić information content (AvgIpc) is 3.57. The molecule has 2 heterocycles. The van der Waals surface area contributed by atoms with Crippen molar-refractivity contribution in [2.75, 3.05) is 6.26 Å². The number of aryl methyl sites for hydroxylation is 1. The van der Waals surface area contributed by atoms with E-state index in [0.717, 1.165) is 36.1 Å². The molecule has 6 heteroatoms. The quantitative estimate of drug-likeness (QED) is 0.168. The summed E-state index contributed by atoms with van der Waals surface area (Å²) in [4.78, 5) is 4.61. The zero-order valence-corrected chi connectivity index (χ0v) is 26.4. The van der Waals surface area contributed by atoms with E-state index in [-0.39, 0.29) is 5.41 Å². The summed E-state index contributed by atoms with van der Waals surface area (Å²) in [6.45, 7) is 3.36. The fourth-order valence-electron chi connectivity index (χ4n) is 6.86. The lowest BCUT2D eigenvalue weighted by Gasteiger charge is -2.30. The molecule has 0 spiro atoms. The van der Waals surface area contributed by atoms with E-state index in [1.807, 2.05) is 42.7 Å². The van der Waals surface area contributed by atoms with Gasteiger partial charge in [0, 0.05) is 47.7 Å². The molecule has 226 valence electrons. The first-order valence-corrected chi connectivity index (χ1v) is 17.2. The molecular weight excluding hydrogens is 577 g/mol. The predicted octanol–water partition coefficient (Wildman–Crippen LogP) is 7.65. The number of fused-ring (bicyclic) bond motifs is 2. The van der Waals surface area contributed by atoms with Crippen molar-refractivity contribution in [2.45, 2.75) is 49.6 Å². The minimum atomic E-state index is -3.23. The van der Waals surface area contributed by atoms with Gasteiger partial charge in [0.05, 0.1) is 4.90 Å². The number of rotatable bonds is 9. The van der Waals surface area contributed by atoms with Crippen LogP contribution in [0, 0.1) is 6.92 Å². The van der Waals surface area contributed by atoms with Gasteiger partial charge in [-0.3, -0.25) is 4.98 Å². The van der Waals surface area contributed by atoms with Crippen molar-refractivity contribution in [3.63, 3.8) is 0 Å². The fraction of sp³-hybridized carbons (Fsp3) is 0.205. The van der Waals surface area contributed by atoms with Crippen LogP contribution in [0.5, 0.6) is 5.75 Å². The lowest BCUT2D eigenvalue weighted by molar-refractivity contribution is 0.306. The van der Waals surface area contributed by atoms with Crippen LogP contribution < -0.4 is 4.74 Å². The van der Waals surface area contributed by atoms with E-state index in [1.165, 1.54) is 45.0 Å². The average molecular weight is 613 g/mol. The first kappa shape index (κ1) is 29.1. The third-order valence-corrected chi connectivity index (χ3v) is 10.3. The van der Waals surface area contributed by atoms with Crippen LogP contribution in [0.25, 0.3) is 10.9 Å². The minimum absolute atomic E-state index is 0.115. The molecule has 0 bridgehead atoms. The van der Waals surface area contributed by atoms with Gasteiger partial charge in [0.1, 0.15) is 12.4 Å². The zero-order chi connectivity index (χ0) is 31.0. The second kappa shape index (κ2) is 11.7. The van der Waals surface area contributed by atoms with E-state index < -0.39 is 9.84 Å². The third-order valence-electron chi connectivity index (χ3n) is 9.17. The second-order valence-corrected chi connectivity index (χ2v) is 14.5. The topological polar surface area (TPSA) is 61.2 Å². The molecule has 5 nitrogen and oxygen atoms in total. The van der Waals surface area contributed by atoms with Crippen molar-refractivity contribution in [2.24, 2.45) is 0 Å². The molecular formula is C39H36N2O3S. The molecule has 0 radical (unpaired) electrons. The van der Waals surface area contributed by atoms with Crippen molar-refractivity contribution in [1.82, 2.24) is 9.55 Å². The SMILES string of the molecule is Cc1cn(Cc2ccc(S(C)(=O)=O)cc2)c2cc(C3(Cc4ccncc4)Cc4ccc(OCc5ccccc5)cc4C3)ccc12. The summed E-state index contributed by atoms with van der Waals surface area (Å²) in [6, 6.07) is 35.3. The summed E-state index contributed by atoms with van der Waals surface area (Å²) in [5, 5.41) is 1.23. The first-order valence-electron chi connectivity index (χ1n) is 15.3. The Morgan fingerprint density at radius 2 is 1.56 bits per heavy atom. The van der Waals surface area contributed by atoms with E-state index in [2.05, 4.69) is 83.3 Å². The van der Waals surface area contributed by atoms with Gasteiger partial charge in [-0.05, 0) is 108 Å². The van der Waals surface area contributed by atoms with Crippen LogP contribution in [0.2, 0.25) is 0 Å². The van der Waals surface area contributed by atoms with Crippen molar-refractivity contribution in [3.8, 4) is 5.75 Å². The standard InChI is InChI=1S/C39H36N2O3S/c1-28-25-41(26-30-8-13-36(14-9-30)45(2,42)43)38-21-34(11-15-37(28)38)39(22-29-16-18-40-19-17-29)23-32-10-12-35(20-33(32)24-39)44-27-31-6-4-3-5-7-31/h3-21,25H,22-24,26-27H2,1-2H3. The Hall–Kier alpha value is -4.68. The maximum atomic E-state index is 12.0. The van der Waals surface area contributed by atoms with Gasteiger partial charge in [0.2, 0.25) is 0 Å². The largest absolute Gasteiger partial charge is 0.489 e. The normalized spacial score (nSPS) is 16.1. The number of aromatic nitrogens is 2. The summed E-state index contributed by atoms with van der Waals surface area (Å²) >= 11 is 0. The maximum Gasteiger partial charge on any atom is 0.175 e. The van der Waals surface area contributed by atoms with Crippen molar-refractivity contribution in [3.05, 3.63) is 161 Å². The molecule has 1 atom stereocenters. The Morgan fingerprint density at radius 3 is 2.31 bits per heavy atom. The number of hydrogen-bond acceptors (Lipinski definition) is 4. The Balaban J connectivity index is 1.23. The summed E-state index contributed by atoms with van der Waals surface area (Å²) in [7, 11) is -3.23. The van der Waals surface area contributed by atoms with E-state index in [1.54, 1.807) is 12.1 Å². The molecule has 0 saturated carbocycles. The van der Waals surface area contributed by atoms with Gasteiger partial charge in [-0.1, -0.05) is 60.7 Å². The van der Waals surface area contributed by atoms with Gasteiger partial charge < -0.3 is 9.30 Å². The van der Waals surface area contributed by atoms with Crippen LogP contribution in [0.15, 0.2) is 127 Å². The van der Waals surface area contributed by atoms with E-state index in [4.69, 9.17) is 4.74 Å². The molecule has 2 aromatic heterocycles. The Labute approximate surface area is 265 Å². The highest BCUT2D eigenvalue weighted by Gasteiger charge is 2.39. The second-order valence-electron chi connectivity index (χ2n) is 12.5. The zero-order valence-electron chi connectivity index (χ0n) is 25.6. The van der Waals surface area contributed by atoms with Crippen LogP contribution in [-0.2, 0) is 47.7 Å². The Kier molecular flexibility index (Phi) is 7.54. The smallest absolute Gasteiger partial charge is 0.175 e. The number of hydrogen-bond donors (Lipinski definition) is 0. The third kappa shape index (κ3) is 6.03. The first-order chi connectivity index (χ1) is 21.8. The molecule has 0 aliphatic heterocycles. The summed E-state index contributed by atoms with van der Waals surface area (Å²) in [5.74, 6) is 0.902. The number of nitrogens with zero attached hydrogens (tertiary/aromatic N) is 2. The van der Waals surface area contributed by atoms with Crippen molar-refractivity contribution < 1.29 is 13.2 Å². The van der Waals surface area contributed by atoms with E-state index in [0.29, 0.717) is 18.0 Å². The van der Waals surface area contributed by atoms with Gasteiger partial charge in [0.25, 0.3) is 0 Å². The molecule has 1 aliphatic rings. The highest BCUT2D eigenvalue weighted by Crippen LogP contribution is 2.44. The molecule has 7 rings (SSSR count). The Bertz CT molecular complexity index is 2090. The number of benzene rings is 4. The molecule has 1 aliphatic carbocycles. The van der Waals surface area contributed by atoms with Gasteiger partial charge >= 0.3 is 0 Å². The minimum Gasteiger partial charge on any atom is -0.489 e. The lowest BCUT2D eigenvalue weighted by Crippen LogP contribution is -2.30. The molecule has 45 heavy (non-hydrogen) atoms. The summed E-state index contributed by atoms with van der Waals surface area (Å²) < 4.78 is 32.5. The molecule has 1 unspecified atom stereocenters. The van der Waals surface area contributed by atoms with Crippen LogP contribution >= 0.6 is 0 Å². The van der Waals surface area contributed by atoms with Gasteiger partial charge in [0.15, 0.2) is 9.84 Å². The summed E-state index contributed by atoms with van der Waals surface area (Å²) in [5.41, 5.74) is 9.82. The van der Waals surface area contributed by atoms with Crippen molar-refractivity contribution >= 4 is 20.7 Å². The van der Waals surface area contributed by atoms with Gasteiger partial charge in [-0.15, -0.1) is 0 Å². The van der Waals surface area contributed by atoms with Crippen LogP contribution in [0.3, 0.4) is 0 Å². The van der Waals surface area contributed by atoms with Gasteiger partial charge in [-0.2, -0.15) is 0 Å². The van der Waals surface area contributed by atoms with E-state index in [9.17, 15) is 8.42 Å². The Morgan fingerprint density at radius 1 is 0.800 bits per heavy atom. The molecule has 0 N–H and O–H groups in total. The summed E-state index contributed by atoms with van der Waals surface area (Å²) in [6.07, 6.45) is 9.98. The molecule has 0 amide bonds. The molecule has 6 aromatic rings. The number of ether oxygens (including phenoxy) is 1.